The van der Waals surface area contributed by atoms with Gasteiger partial charge in [-0.1, -0.05) is 38.1 Å². The van der Waals surface area contributed by atoms with Crippen molar-refractivity contribution < 1.29 is 14.3 Å². The minimum absolute atomic E-state index is 0.284. The molecule has 0 fully saturated rings. The van der Waals surface area contributed by atoms with Crippen molar-refractivity contribution in [2.45, 2.75) is 19.8 Å². The second-order valence-electron chi connectivity index (χ2n) is 5.89. The highest BCUT2D eigenvalue weighted by Gasteiger charge is 2.24. The number of methoxy groups -OCH3 is 1. The number of hydrogen-bond acceptors (Lipinski definition) is 4. The smallest absolute Gasteiger partial charge is 0.363 e. The van der Waals surface area contributed by atoms with Gasteiger partial charge in [0, 0.05) is 5.56 Å². The zero-order valence-electron chi connectivity index (χ0n) is 13.9. The van der Waals surface area contributed by atoms with Crippen LogP contribution in [0, 0.1) is 0 Å². The van der Waals surface area contributed by atoms with E-state index >= 15 is 0 Å². The molecular weight excluding hydrogens is 302 g/mol. The number of hydrogen-bond donors (Lipinski definition) is 0. The first kappa shape index (κ1) is 16.0. The molecule has 1 aliphatic rings. The zero-order valence-corrected chi connectivity index (χ0v) is 13.9. The minimum Gasteiger partial charge on any atom is -0.497 e. The molecule has 0 spiro atoms. The van der Waals surface area contributed by atoms with E-state index in [-0.39, 0.29) is 5.70 Å². The lowest BCUT2D eigenvalue weighted by molar-refractivity contribution is -0.129. The summed E-state index contributed by atoms with van der Waals surface area (Å²) < 4.78 is 10.5. The molecule has 0 amide bonds. The van der Waals surface area contributed by atoms with Crippen molar-refractivity contribution in [3.63, 3.8) is 0 Å². The molecule has 0 N–H and O–H groups in total. The lowest BCUT2D eigenvalue weighted by Crippen LogP contribution is -2.05. The van der Waals surface area contributed by atoms with Gasteiger partial charge < -0.3 is 9.47 Å². The molecule has 0 unspecified atom stereocenters. The first-order valence-corrected chi connectivity index (χ1v) is 7.84. The van der Waals surface area contributed by atoms with Gasteiger partial charge in [0.1, 0.15) is 5.75 Å². The van der Waals surface area contributed by atoms with E-state index in [1.165, 1.54) is 5.56 Å². The number of carbonyl (C=O) groups is 1. The van der Waals surface area contributed by atoms with E-state index in [0.29, 0.717) is 11.8 Å². The Labute approximate surface area is 141 Å². The Balaban J connectivity index is 1.88. The van der Waals surface area contributed by atoms with Crippen molar-refractivity contribution in [2.24, 2.45) is 4.99 Å². The zero-order chi connectivity index (χ0) is 17.1. The van der Waals surface area contributed by atoms with E-state index in [1.807, 2.05) is 48.5 Å². The molecule has 1 heterocycles. The summed E-state index contributed by atoms with van der Waals surface area (Å²) in [7, 11) is 1.60. The van der Waals surface area contributed by atoms with Crippen LogP contribution in [0.2, 0.25) is 0 Å². The van der Waals surface area contributed by atoms with Gasteiger partial charge in [0.15, 0.2) is 5.70 Å². The van der Waals surface area contributed by atoms with E-state index in [0.717, 1.165) is 16.9 Å². The first-order valence-electron chi connectivity index (χ1n) is 7.84. The average molecular weight is 321 g/mol. The Hall–Kier alpha value is -2.88. The highest BCUT2D eigenvalue weighted by Crippen LogP contribution is 2.22. The third-order valence-electron chi connectivity index (χ3n) is 3.84. The van der Waals surface area contributed by atoms with E-state index in [1.54, 1.807) is 13.2 Å². The van der Waals surface area contributed by atoms with Gasteiger partial charge in [0.25, 0.3) is 0 Å². The standard InChI is InChI=1S/C20H19NO3/c1-13(2)15-7-9-16(10-8-15)19-21-18(20(22)24-19)12-14-5-4-6-17(11-14)23-3/h4-13H,1-3H3/b18-12-. The van der Waals surface area contributed by atoms with Gasteiger partial charge in [-0.15, -0.1) is 0 Å². The second kappa shape index (κ2) is 6.71. The van der Waals surface area contributed by atoms with Crippen LogP contribution in [0.25, 0.3) is 6.08 Å². The molecule has 0 saturated carbocycles. The van der Waals surface area contributed by atoms with E-state index < -0.39 is 5.97 Å². The summed E-state index contributed by atoms with van der Waals surface area (Å²) in [6, 6.07) is 15.3. The maximum Gasteiger partial charge on any atom is 0.363 e. The number of ether oxygens (including phenoxy) is 2. The molecule has 2 aromatic rings. The molecule has 4 heteroatoms. The fraction of sp³-hybridized carbons (Fsp3) is 0.200. The van der Waals surface area contributed by atoms with Crippen molar-refractivity contribution in [3.05, 3.63) is 70.9 Å². The van der Waals surface area contributed by atoms with Gasteiger partial charge in [0.05, 0.1) is 7.11 Å². The van der Waals surface area contributed by atoms with Gasteiger partial charge in [-0.3, -0.25) is 0 Å². The van der Waals surface area contributed by atoms with Crippen molar-refractivity contribution >= 4 is 17.9 Å². The van der Waals surface area contributed by atoms with Crippen LogP contribution in [-0.4, -0.2) is 19.0 Å². The number of esters is 1. The van der Waals surface area contributed by atoms with Gasteiger partial charge in [-0.05, 0) is 47.4 Å². The molecule has 4 nitrogen and oxygen atoms in total. The van der Waals surface area contributed by atoms with Crippen molar-refractivity contribution in [3.8, 4) is 5.75 Å². The van der Waals surface area contributed by atoms with E-state index in [2.05, 4.69) is 18.8 Å². The van der Waals surface area contributed by atoms with Crippen LogP contribution in [0.15, 0.2) is 59.2 Å². The molecule has 0 atom stereocenters. The molecular formula is C20H19NO3. The van der Waals surface area contributed by atoms with Gasteiger partial charge in [0.2, 0.25) is 5.90 Å². The molecule has 3 rings (SSSR count). The molecule has 0 aliphatic carbocycles. The number of aliphatic imine (C=N–C) groups is 1. The topological polar surface area (TPSA) is 47.9 Å². The van der Waals surface area contributed by atoms with Gasteiger partial charge in [-0.2, -0.15) is 0 Å². The monoisotopic (exact) mass is 321 g/mol. The highest BCUT2D eigenvalue weighted by atomic mass is 16.6. The Kier molecular flexibility index (Phi) is 4.47. The SMILES string of the molecule is COc1cccc(/C=C2\N=C(c3ccc(C(C)C)cc3)OC2=O)c1. The number of cyclic esters (lactones) is 1. The lowest BCUT2D eigenvalue weighted by Gasteiger charge is -2.05. The molecule has 2 aromatic carbocycles. The second-order valence-corrected chi connectivity index (χ2v) is 5.89. The maximum atomic E-state index is 12.1. The summed E-state index contributed by atoms with van der Waals surface area (Å²) in [6.07, 6.45) is 1.69. The first-order chi connectivity index (χ1) is 11.6. The quantitative estimate of drug-likeness (QED) is 0.627. The fourth-order valence-electron chi connectivity index (χ4n) is 2.43. The maximum absolute atomic E-state index is 12.1. The van der Waals surface area contributed by atoms with Crippen LogP contribution in [0.5, 0.6) is 5.75 Å². The van der Waals surface area contributed by atoms with Gasteiger partial charge >= 0.3 is 5.97 Å². The molecule has 24 heavy (non-hydrogen) atoms. The van der Waals surface area contributed by atoms with Gasteiger partial charge in [-0.25, -0.2) is 9.79 Å². The molecule has 122 valence electrons. The fourth-order valence-corrected chi connectivity index (χ4v) is 2.43. The summed E-state index contributed by atoms with van der Waals surface area (Å²) in [5.74, 6) is 1.07. The van der Waals surface area contributed by atoms with Crippen LogP contribution in [0.3, 0.4) is 0 Å². The predicted molar refractivity (Wildman–Crippen MR) is 94.1 cm³/mol. The summed E-state index contributed by atoms with van der Waals surface area (Å²) in [4.78, 5) is 16.4. The van der Waals surface area contributed by atoms with Crippen LogP contribution in [0.4, 0.5) is 0 Å². The summed E-state index contributed by atoms with van der Waals surface area (Å²) >= 11 is 0. The molecule has 0 saturated heterocycles. The van der Waals surface area contributed by atoms with Crippen LogP contribution in [0.1, 0.15) is 36.5 Å². The average Bonchev–Trinajstić information content (AvgIpc) is 2.96. The van der Waals surface area contributed by atoms with Crippen LogP contribution in [-0.2, 0) is 9.53 Å². The summed E-state index contributed by atoms with van der Waals surface area (Å²) in [5.41, 5.74) is 3.14. The molecule has 0 bridgehead atoms. The van der Waals surface area contributed by atoms with E-state index in [4.69, 9.17) is 9.47 Å². The number of rotatable bonds is 4. The van der Waals surface area contributed by atoms with Crippen molar-refractivity contribution in [1.29, 1.82) is 0 Å². The summed E-state index contributed by atoms with van der Waals surface area (Å²) in [6.45, 7) is 4.27. The third-order valence-corrected chi connectivity index (χ3v) is 3.84. The third kappa shape index (κ3) is 3.38. The molecule has 1 aliphatic heterocycles. The van der Waals surface area contributed by atoms with Crippen LogP contribution >= 0.6 is 0 Å². The summed E-state index contributed by atoms with van der Waals surface area (Å²) in [5, 5.41) is 0. The number of carbonyl (C=O) groups excluding carboxylic acids is 1. The van der Waals surface area contributed by atoms with E-state index in [9.17, 15) is 4.79 Å². The Bertz CT molecular complexity index is 817. The minimum atomic E-state index is -0.444. The predicted octanol–water partition coefficient (Wildman–Crippen LogP) is 4.16. The Morgan fingerprint density at radius 2 is 1.88 bits per heavy atom. The number of benzene rings is 2. The van der Waals surface area contributed by atoms with Crippen molar-refractivity contribution in [2.75, 3.05) is 7.11 Å². The largest absolute Gasteiger partial charge is 0.497 e. The van der Waals surface area contributed by atoms with Crippen molar-refractivity contribution in [1.82, 2.24) is 0 Å². The highest BCUT2D eigenvalue weighted by molar-refractivity contribution is 6.12. The normalized spacial score (nSPS) is 15.6. The molecule has 0 aromatic heterocycles. The Morgan fingerprint density at radius 3 is 2.54 bits per heavy atom. The lowest BCUT2D eigenvalue weighted by atomic mass is 10.0. The van der Waals surface area contributed by atoms with Crippen LogP contribution < -0.4 is 4.74 Å². The molecule has 0 radical (unpaired) electrons. The number of nitrogens with zero attached hydrogens (tertiary/aromatic N) is 1. The Morgan fingerprint density at radius 1 is 1.12 bits per heavy atom.